The topological polar surface area (TPSA) is 149 Å². The van der Waals surface area contributed by atoms with Crippen molar-refractivity contribution in [1.29, 1.82) is 0 Å². The van der Waals surface area contributed by atoms with Gasteiger partial charge in [-0.05, 0) is 19.3 Å². The third-order valence-electron chi connectivity index (χ3n) is 10.1. The van der Waals surface area contributed by atoms with E-state index in [9.17, 15) is 30.3 Å². The Morgan fingerprint density at radius 1 is 0.660 bits per heavy atom. The number of carbonyl (C=O) groups is 1. The van der Waals surface area contributed by atoms with Crippen LogP contribution in [0.2, 0.25) is 0 Å². The summed E-state index contributed by atoms with van der Waals surface area (Å²) in [6.07, 6.45) is 28.5. The number of aliphatic hydroxyl groups is 5. The van der Waals surface area contributed by atoms with Gasteiger partial charge in [-0.15, -0.1) is 0 Å². The lowest BCUT2D eigenvalue weighted by molar-refractivity contribution is -0.302. The first-order chi connectivity index (χ1) is 24.3. The molecule has 1 heterocycles. The number of nitrogens with one attached hydrogen (secondary N) is 1. The molecule has 0 saturated carbocycles. The Morgan fingerprint density at radius 3 is 1.56 bits per heavy atom. The van der Waals surface area contributed by atoms with Crippen LogP contribution in [0.15, 0.2) is 12.2 Å². The maximum absolute atomic E-state index is 12.8. The second-order valence-corrected chi connectivity index (χ2v) is 14.8. The largest absolute Gasteiger partial charge is 0.394 e. The van der Waals surface area contributed by atoms with E-state index >= 15 is 0 Å². The Balaban J connectivity index is 2.31. The minimum atomic E-state index is -1.56. The van der Waals surface area contributed by atoms with Gasteiger partial charge in [-0.3, -0.25) is 4.79 Å². The van der Waals surface area contributed by atoms with Crippen LogP contribution in [0.4, 0.5) is 0 Å². The molecule has 0 bridgehead atoms. The van der Waals surface area contributed by atoms with Crippen molar-refractivity contribution >= 4 is 5.91 Å². The molecule has 6 N–H and O–H groups in total. The van der Waals surface area contributed by atoms with Gasteiger partial charge in [0, 0.05) is 6.42 Å². The maximum atomic E-state index is 12.8. The molecule has 1 aliphatic heterocycles. The predicted octanol–water partition coefficient (Wildman–Crippen LogP) is 7.78. The van der Waals surface area contributed by atoms with E-state index in [1.165, 1.54) is 128 Å². The maximum Gasteiger partial charge on any atom is 0.220 e. The van der Waals surface area contributed by atoms with Crippen LogP contribution >= 0.6 is 0 Å². The molecule has 0 aliphatic carbocycles. The Hall–Kier alpha value is -1.07. The number of amides is 1. The zero-order valence-corrected chi connectivity index (χ0v) is 32.2. The second kappa shape index (κ2) is 32.6. The minimum absolute atomic E-state index is 0.183. The van der Waals surface area contributed by atoms with Crippen LogP contribution in [-0.2, 0) is 14.3 Å². The molecule has 1 rings (SSSR count). The SMILES string of the molecule is CCCCCCCCCCCCCCCCCCCC/C=C/C(O)C(COC1OC(CO)C(O)C(O)C1O)NC(=O)CCCCCCCCC. The summed E-state index contributed by atoms with van der Waals surface area (Å²) in [6.45, 7) is 3.72. The summed E-state index contributed by atoms with van der Waals surface area (Å²) < 4.78 is 11.1. The van der Waals surface area contributed by atoms with Crippen LogP contribution in [0.1, 0.15) is 187 Å². The average molecular weight is 714 g/mol. The normalized spacial score (nSPS) is 22.3. The van der Waals surface area contributed by atoms with Crippen LogP contribution in [0, 0.1) is 0 Å². The number of carbonyl (C=O) groups excluding carboxylic acids is 1. The van der Waals surface area contributed by atoms with E-state index in [1.54, 1.807) is 6.08 Å². The zero-order valence-electron chi connectivity index (χ0n) is 32.2. The third kappa shape index (κ3) is 23.5. The van der Waals surface area contributed by atoms with Crippen molar-refractivity contribution in [3.63, 3.8) is 0 Å². The van der Waals surface area contributed by atoms with E-state index in [2.05, 4.69) is 19.2 Å². The van der Waals surface area contributed by atoms with E-state index in [1.807, 2.05) is 6.08 Å². The fourth-order valence-electron chi connectivity index (χ4n) is 6.68. The monoisotopic (exact) mass is 714 g/mol. The van der Waals surface area contributed by atoms with Gasteiger partial charge in [0.05, 0.1) is 25.4 Å². The van der Waals surface area contributed by atoms with Crippen LogP contribution in [0.3, 0.4) is 0 Å². The van der Waals surface area contributed by atoms with Gasteiger partial charge in [-0.2, -0.15) is 0 Å². The molecule has 1 fully saturated rings. The Kier molecular flexibility index (Phi) is 30.6. The summed E-state index contributed by atoms with van der Waals surface area (Å²) in [5, 5.41) is 53.8. The zero-order chi connectivity index (χ0) is 36.7. The first kappa shape index (κ1) is 47.0. The number of allylic oxidation sites excluding steroid dienone is 1. The lowest BCUT2D eigenvalue weighted by Crippen LogP contribution is -2.60. The molecule has 0 aromatic rings. The van der Waals surface area contributed by atoms with Crippen LogP contribution in [0.25, 0.3) is 0 Å². The summed E-state index contributed by atoms with van der Waals surface area (Å²) in [5.41, 5.74) is 0. The van der Waals surface area contributed by atoms with E-state index in [0.717, 1.165) is 38.5 Å². The van der Waals surface area contributed by atoms with Gasteiger partial charge in [0.25, 0.3) is 0 Å². The number of rotatable bonds is 34. The lowest BCUT2D eigenvalue weighted by atomic mass is 9.99. The molecule has 296 valence electrons. The number of unbranched alkanes of at least 4 members (excludes halogenated alkanes) is 24. The molecular formula is C41H79NO8. The molecule has 9 nitrogen and oxygen atoms in total. The molecule has 1 amide bonds. The van der Waals surface area contributed by atoms with Gasteiger partial charge < -0.3 is 40.3 Å². The van der Waals surface area contributed by atoms with Crippen molar-refractivity contribution in [3.8, 4) is 0 Å². The molecule has 1 saturated heterocycles. The smallest absolute Gasteiger partial charge is 0.220 e. The van der Waals surface area contributed by atoms with Gasteiger partial charge in [0.2, 0.25) is 5.91 Å². The van der Waals surface area contributed by atoms with Gasteiger partial charge in [0.1, 0.15) is 24.4 Å². The van der Waals surface area contributed by atoms with E-state index < -0.39 is 49.5 Å². The minimum Gasteiger partial charge on any atom is -0.394 e. The van der Waals surface area contributed by atoms with Gasteiger partial charge in [-0.1, -0.05) is 174 Å². The number of hydrogen-bond acceptors (Lipinski definition) is 8. The lowest BCUT2D eigenvalue weighted by Gasteiger charge is -2.40. The van der Waals surface area contributed by atoms with Crippen LogP contribution < -0.4 is 5.32 Å². The van der Waals surface area contributed by atoms with Gasteiger partial charge >= 0.3 is 0 Å². The number of hydrogen-bond donors (Lipinski definition) is 6. The first-order valence-corrected chi connectivity index (χ1v) is 20.9. The quantitative estimate of drug-likeness (QED) is 0.0293. The van der Waals surface area contributed by atoms with E-state index in [0.29, 0.717) is 6.42 Å². The molecule has 1 aliphatic rings. The molecule has 7 atom stereocenters. The predicted molar refractivity (Wildman–Crippen MR) is 203 cm³/mol. The third-order valence-corrected chi connectivity index (χ3v) is 10.1. The van der Waals surface area contributed by atoms with E-state index in [-0.39, 0.29) is 12.5 Å². The summed E-state index contributed by atoms with van der Waals surface area (Å²) in [6, 6.07) is -0.795. The molecule has 0 aromatic heterocycles. The highest BCUT2D eigenvalue weighted by Crippen LogP contribution is 2.22. The standard InChI is InChI=1S/C41H79NO8/c1-3-5-7-9-11-12-13-14-15-16-17-18-19-20-21-22-23-25-26-28-30-35(44)34(42-37(45)31-29-27-24-10-8-6-4-2)33-49-41-40(48)39(47)38(46)36(32-43)50-41/h28,30,34-36,38-41,43-44,46-48H,3-27,29,31-33H2,1-2H3,(H,42,45)/b30-28+. The molecule has 50 heavy (non-hydrogen) atoms. The second-order valence-electron chi connectivity index (χ2n) is 14.8. The average Bonchev–Trinajstić information content (AvgIpc) is 3.11. The number of ether oxygens (including phenoxy) is 2. The molecular weight excluding hydrogens is 634 g/mol. The van der Waals surface area contributed by atoms with E-state index in [4.69, 9.17) is 9.47 Å². The first-order valence-electron chi connectivity index (χ1n) is 20.9. The summed E-state index contributed by atoms with van der Waals surface area (Å²) >= 11 is 0. The van der Waals surface area contributed by atoms with Crippen molar-refractivity contribution in [2.24, 2.45) is 0 Å². The Bertz CT molecular complexity index is 797. The molecule has 0 aromatic carbocycles. The molecule has 0 spiro atoms. The van der Waals surface area contributed by atoms with Crippen LogP contribution in [-0.4, -0.2) is 87.5 Å². The van der Waals surface area contributed by atoms with Crippen molar-refractivity contribution in [2.75, 3.05) is 13.2 Å². The van der Waals surface area contributed by atoms with Crippen molar-refractivity contribution in [3.05, 3.63) is 12.2 Å². The fraction of sp³-hybridized carbons (Fsp3) is 0.927. The number of aliphatic hydroxyl groups excluding tert-OH is 5. The van der Waals surface area contributed by atoms with Gasteiger partial charge in [0.15, 0.2) is 6.29 Å². The fourth-order valence-corrected chi connectivity index (χ4v) is 6.68. The van der Waals surface area contributed by atoms with Crippen molar-refractivity contribution in [1.82, 2.24) is 5.32 Å². The van der Waals surface area contributed by atoms with Crippen molar-refractivity contribution in [2.45, 2.75) is 230 Å². The summed E-state index contributed by atoms with van der Waals surface area (Å²) in [5.74, 6) is -0.183. The summed E-state index contributed by atoms with van der Waals surface area (Å²) in [7, 11) is 0. The van der Waals surface area contributed by atoms with Gasteiger partial charge in [-0.25, -0.2) is 0 Å². The molecule has 9 heteroatoms. The van der Waals surface area contributed by atoms with Crippen molar-refractivity contribution < 1.29 is 39.8 Å². The summed E-state index contributed by atoms with van der Waals surface area (Å²) in [4.78, 5) is 12.8. The van der Waals surface area contributed by atoms with Crippen LogP contribution in [0.5, 0.6) is 0 Å². The molecule has 0 radical (unpaired) electrons. The Labute approximate surface area is 306 Å². The highest BCUT2D eigenvalue weighted by atomic mass is 16.7. The highest BCUT2D eigenvalue weighted by Gasteiger charge is 2.44. The Morgan fingerprint density at radius 2 is 1.10 bits per heavy atom. The molecule has 7 unspecified atom stereocenters. The highest BCUT2D eigenvalue weighted by molar-refractivity contribution is 5.76.